The summed E-state index contributed by atoms with van der Waals surface area (Å²) in [5.41, 5.74) is 2.86. The van der Waals surface area contributed by atoms with E-state index in [-0.39, 0.29) is 23.0 Å². The third-order valence-corrected chi connectivity index (χ3v) is 11.8. The molecular formula is C32H52N4O3. The maximum absolute atomic E-state index is 13.2. The van der Waals surface area contributed by atoms with E-state index in [1.165, 1.54) is 44.1 Å². The molecule has 0 aromatic carbocycles. The Hall–Kier alpha value is -1.73. The summed E-state index contributed by atoms with van der Waals surface area (Å²) in [6.07, 6.45) is 15.1. The van der Waals surface area contributed by atoms with Crippen LogP contribution in [0.25, 0.3) is 0 Å². The van der Waals surface area contributed by atoms with Gasteiger partial charge in [-0.15, -0.1) is 0 Å². The van der Waals surface area contributed by atoms with Gasteiger partial charge in [0.2, 0.25) is 0 Å². The second-order valence-electron chi connectivity index (χ2n) is 13.7. The van der Waals surface area contributed by atoms with Gasteiger partial charge in [0.15, 0.2) is 5.78 Å². The fourth-order valence-corrected chi connectivity index (χ4v) is 9.65. The number of fused-ring (bicyclic) bond motifs is 5. The second-order valence-corrected chi connectivity index (χ2v) is 13.7. The number of carbonyl (C=O) groups is 2. The number of nitrogens with one attached hydrogen (secondary N) is 2. The molecule has 7 heteroatoms. The van der Waals surface area contributed by atoms with Gasteiger partial charge in [-0.3, -0.25) is 9.63 Å². The van der Waals surface area contributed by atoms with Gasteiger partial charge >= 0.3 is 6.09 Å². The summed E-state index contributed by atoms with van der Waals surface area (Å²) in [7, 11) is 1.95. The van der Waals surface area contributed by atoms with E-state index in [9.17, 15) is 9.59 Å². The molecule has 1 amide bonds. The highest BCUT2D eigenvalue weighted by Gasteiger charge is 2.59. The highest BCUT2D eigenvalue weighted by molar-refractivity contribution is 5.91. The van der Waals surface area contributed by atoms with Crippen molar-refractivity contribution in [1.29, 1.82) is 0 Å². The number of carbonyl (C=O) groups excluding carboxylic acids is 2. The molecule has 4 saturated carbocycles. The predicted molar refractivity (Wildman–Crippen MR) is 156 cm³/mol. The maximum Gasteiger partial charge on any atom is 0.436 e. The number of ketones is 1. The van der Waals surface area contributed by atoms with Crippen LogP contribution in [0.5, 0.6) is 0 Å². The van der Waals surface area contributed by atoms with Gasteiger partial charge in [-0.05, 0) is 106 Å². The van der Waals surface area contributed by atoms with Crippen molar-refractivity contribution in [3.8, 4) is 0 Å². The zero-order valence-corrected chi connectivity index (χ0v) is 24.9. The van der Waals surface area contributed by atoms with Gasteiger partial charge in [-0.25, -0.2) is 4.79 Å². The number of hydrogen-bond acceptors (Lipinski definition) is 6. The van der Waals surface area contributed by atoms with Crippen LogP contribution in [-0.4, -0.2) is 61.8 Å². The van der Waals surface area contributed by atoms with E-state index in [0.717, 1.165) is 69.8 Å². The first-order chi connectivity index (χ1) is 18.8. The van der Waals surface area contributed by atoms with E-state index in [0.29, 0.717) is 30.1 Å². The average Bonchev–Trinajstić information content (AvgIpc) is 3.57. The van der Waals surface area contributed by atoms with Crippen LogP contribution in [0.4, 0.5) is 4.79 Å². The number of oxime groups is 1. The van der Waals surface area contributed by atoms with Crippen LogP contribution < -0.4 is 10.6 Å². The minimum absolute atomic E-state index is 0.209. The predicted octanol–water partition coefficient (Wildman–Crippen LogP) is 5.70. The number of amides is 1. The summed E-state index contributed by atoms with van der Waals surface area (Å²) < 4.78 is 0. The van der Waals surface area contributed by atoms with Gasteiger partial charge in [0.1, 0.15) is 0 Å². The summed E-state index contributed by atoms with van der Waals surface area (Å²) >= 11 is 0. The molecule has 0 heterocycles. The molecule has 5 rings (SSSR count). The van der Waals surface area contributed by atoms with Crippen LogP contribution >= 0.6 is 0 Å². The monoisotopic (exact) mass is 540 g/mol. The summed E-state index contributed by atoms with van der Waals surface area (Å²) in [6.45, 7) is 10.3. The highest BCUT2D eigenvalue weighted by atomic mass is 16.7. The Kier molecular flexibility index (Phi) is 8.87. The molecule has 5 aliphatic rings. The molecule has 0 aliphatic heterocycles. The number of nitrogens with zero attached hydrogens (tertiary/aromatic N) is 2. The van der Waals surface area contributed by atoms with Gasteiger partial charge in [-0.1, -0.05) is 37.4 Å². The van der Waals surface area contributed by atoms with Gasteiger partial charge in [-0.2, -0.15) is 0 Å². The Morgan fingerprint density at radius 2 is 1.82 bits per heavy atom. The van der Waals surface area contributed by atoms with Crippen LogP contribution in [0.2, 0.25) is 0 Å². The number of allylic oxidation sites excluding steroid dienone is 1. The minimum Gasteiger partial charge on any atom is -0.318 e. The molecule has 0 saturated heterocycles. The molecule has 0 unspecified atom stereocenters. The molecule has 0 aromatic heterocycles. The van der Waals surface area contributed by atoms with Crippen LogP contribution in [0.15, 0.2) is 16.8 Å². The second kappa shape index (κ2) is 12.0. The number of rotatable bonds is 9. The Labute approximate surface area is 235 Å². The quantitative estimate of drug-likeness (QED) is 0.170. The molecule has 2 N–H and O–H groups in total. The molecular weight excluding hydrogens is 488 g/mol. The lowest BCUT2D eigenvalue weighted by molar-refractivity contribution is -0.117. The summed E-state index contributed by atoms with van der Waals surface area (Å²) in [5, 5.41) is 11.1. The lowest BCUT2D eigenvalue weighted by Crippen LogP contribution is -2.51. The Morgan fingerprint density at radius 3 is 2.59 bits per heavy atom. The van der Waals surface area contributed by atoms with E-state index < -0.39 is 0 Å². The molecule has 5 aliphatic carbocycles. The molecule has 0 aromatic rings. The average molecular weight is 541 g/mol. The first-order valence-electron chi connectivity index (χ1n) is 15.9. The van der Waals surface area contributed by atoms with Crippen molar-refractivity contribution in [1.82, 2.24) is 15.5 Å². The molecule has 39 heavy (non-hydrogen) atoms. The van der Waals surface area contributed by atoms with Crippen molar-refractivity contribution in [3.05, 3.63) is 11.6 Å². The largest absolute Gasteiger partial charge is 0.436 e. The van der Waals surface area contributed by atoms with Crippen LogP contribution in [-0.2, 0) is 9.63 Å². The molecule has 218 valence electrons. The summed E-state index contributed by atoms with van der Waals surface area (Å²) in [6, 6.07) is 0.268. The van der Waals surface area contributed by atoms with Gasteiger partial charge in [0.25, 0.3) is 0 Å². The van der Waals surface area contributed by atoms with Crippen molar-refractivity contribution in [2.75, 3.05) is 33.2 Å². The van der Waals surface area contributed by atoms with E-state index in [2.05, 4.69) is 36.6 Å². The zero-order valence-electron chi connectivity index (χ0n) is 24.9. The van der Waals surface area contributed by atoms with Crippen molar-refractivity contribution in [2.45, 2.75) is 104 Å². The Bertz CT molecular complexity index is 972. The third-order valence-electron chi connectivity index (χ3n) is 11.8. The van der Waals surface area contributed by atoms with Gasteiger partial charge < -0.3 is 15.5 Å². The van der Waals surface area contributed by atoms with E-state index in [1.807, 2.05) is 18.0 Å². The summed E-state index contributed by atoms with van der Waals surface area (Å²) in [5.74, 6) is 2.82. The standard InChI is InChI=1S/C32H52N4O3/c1-22(35-39-30(38)36(24-7-5-6-8-24)20-19-34-18-17-33-4)27-11-12-28-26-10-9-23-21-25(37)13-15-31(23,2)29(26)14-16-32(27,28)3/h21,24,26-29,33-34H,5-20H2,1-4H3/b35-22+/t26-,27+,28-,29-,31-,32+/m0/s1. The third kappa shape index (κ3) is 5.59. The Balaban J connectivity index is 1.23. The van der Waals surface area contributed by atoms with Gasteiger partial charge in [0, 0.05) is 44.6 Å². The van der Waals surface area contributed by atoms with E-state index in [1.54, 1.807) is 0 Å². The van der Waals surface area contributed by atoms with Crippen LogP contribution in [0, 0.1) is 34.5 Å². The van der Waals surface area contributed by atoms with Crippen LogP contribution in [0.1, 0.15) is 97.8 Å². The molecule has 0 spiro atoms. The van der Waals surface area contributed by atoms with Crippen molar-refractivity contribution in [3.63, 3.8) is 0 Å². The fraction of sp³-hybridized carbons (Fsp3) is 0.844. The van der Waals surface area contributed by atoms with Gasteiger partial charge in [0.05, 0.1) is 5.71 Å². The Morgan fingerprint density at radius 1 is 1.03 bits per heavy atom. The molecule has 6 atom stereocenters. The van der Waals surface area contributed by atoms with Crippen molar-refractivity contribution < 1.29 is 14.4 Å². The smallest absolute Gasteiger partial charge is 0.318 e. The fourth-order valence-electron chi connectivity index (χ4n) is 9.65. The highest BCUT2D eigenvalue weighted by Crippen LogP contribution is 2.66. The summed E-state index contributed by atoms with van der Waals surface area (Å²) in [4.78, 5) is 33.0. The molecule has 0 radical (unpaired) electrons. The SMILES string of the molecule is CNCCNCCN(C(=O)O/N=C(\C)[C@H]1CC[C@H]2[C@@H]3CCC4=CC(=O)CC[C@]4(C)[C@H]3CC[C@]12C)C1CCCC1. The lowest BCUT2D eigenvalue weighted by Gasteiger charge is -2.58. The first-order valence-corrected chi connectivity index (χ1v) is 15.9. The zero-order chi connectivity index (χ0) is 27.6. The first kappa shape index (κ1) is 28.8. The normalized spacial score (nSPS) is 36.7. The topological polar surface area (TPSA) is 83.0 Å². The molecule has 0 bridgehead atoms. The van der Waals surface area contributed by atoms with E-state index in [4.69, 9.17) is 4.84 Å². The van der Waals surface area contributed by atoms with Crippen LogP contribution in [0.3, 0.4) is 0 Å². The lowest BCUT2D eigenvalue weighted by atomic mass is 9.46. The maximum atomic E-state index is 13.2. The number of likely N-dealkylation sites (N-methyl/N-ethyl adjacent to an activating group) is 1. The molecule has 4 fully saturated rings. The number of hydrogen-bond donors (Lipinski definition) is 2. The van der Waals surface area contributed by atoms with E-state index >= 15 is 0 Å². The van der Waals surface area contributed by atoms with Crippen molar-refractivity contribution in [2.24, 2.45) is 39.7 Å². The molecule has 7 nitrogen and oxygen atoms in total. The van der Waals surface area contributed by atoms with Crippen molar-refractivity contribution >= 4 is 17.6 Å². The minimum atomic E-state index is -0.286.